The summed E-state index contributed by atoms with van der Waals surface area (Å²) in [5.74, 6) is 0.456. The number of ether oxygens (including phenoxy) is 1. The van der Waals surface area contributed by atoms with Crippen LogP contribution in [0.2, 0.25) is 0 Å². The second-order valence-corrected chi connectivity index (χ2v) is 7.53. The monoisotopic (exact) mass is 466 g/mol. The van der Waals surface area contributed by atoms with Gasteiger partial charge in [0.15, 0.2) is 0 Å². The topological polar surface area (TPSA) is 71.8 Å². The number of benzene rings is 2. The van der Waals surface area contributed by atoms with Gasteiger partial charge in [-0.05, 0) is 55.0 Å². The molecule has 152 valence electrons. The third kappa shape index (κ3) is 4.02. The number of nitrogens with one attached hydrogen (secondary N) is 1. The smallest absolute Gasteiger partial charge is 0.278 e. The normalized spacial score (nSPS) is 13.9. The van der Waals surface area contributed by atoms with Gasteiger partial charge in [-0.3, -0.25) is 14.5 Å². The number of hydrogen-bond acceptors (Lipinski definition) is 5. The van der Waals surface area contributed by atoms with Crippen LogP contribution in [0.3, 0.4) is 0 Å². The van der Waals surface area contributed by atoms with Gasteiger partial charge < -0.3 is 14.5 Å². The number of furan rings is 1. The minimum atomic E-state index is -0.403. The van der Waals surface area contributed by atoms with Crippen LogP contribution in [0.1, 0.15) is 18.2 Å². The predicted molar refractivity (Wildman–Crippen MR) is 117 cm³/mol. The molecule has 1 aliphatic heterocycles. The zero-order valence-electron chi connectivity index (χ0n) is 16.2. The summed E-state index contributed by atoms with van der Waals surface area (Å²) in [5, 5.41) is 3.14. The zero-order chi connectivity index (χ0) is 21.1. The number of imide groups is 1. The van der Waals surface area contributed by atoms with Crippen molar-refractivity contribution < 1.29 is 18.7 Å². The quantitative estimate of drug-likeness (QED) is 0.504. The Bertz CT molecular complexity index is 1100. The standard InChI is InChI=1S/C23H19BrN2O4/c1-2-29-18-10-8-15(9-11-18)20-21(25-17-6-3-5-16(24)13-17)23(28)26(22(20)27)14-19-7-4-12-30-19/h3-13,25H,2,14H2,1H3. The molecular weight excluding hydrogens is 448 g/mol. The minimum absolute atomic E-state index is 0.0643. The van der Waals surface area contributed by atoms with E-state index in [0.29, 0.717) is 34.9 Å². The Labute approximate surface area is 182 Å². The van der Waals surface area contributed by atoms with Gasteiger partial charge in [-0.25, -0.2) is 0 Å². The molecule has 4 rings (SSSR count). The molecule has 3 aromatic rings. The molecule has 1 aliphatic rings. The average Bonchev–Trinajstić information content (AvgIpc) is 3.32. The molecular formula is C23H19BrN2O4. The molecule has 0 spiro atoms. The van der Waals surface area contributed by atoms with Crippen molar-refractivity contribution in [2.24, 2.45) is 0 Å². The van der Waals surface area contributed by atoms with Gasteiger partial charge in [0.25, 0.3) is 11.8 Å². The van der Waals surface area contributed by atoms with Crippen LogP contribution < -0.4 is 10.1 Å². The van der Waals surface area contributed by atoms with E-state index in [1.165, 1.54) is 11.2 Å². The maximum absolute atomic E-state index is 13.2. The molecule has 0 saturated heterocycles. The number of halogens is 1. The summed E-state index contributed by atoms with van der Waals surface area (Å²) in [4.78, 5) is 27.6. The van der Waals surface area contributed by atoms with Gasteiger partial charge in [0.1, 0.15) is 17.2 Å². The highest BCUT2D eigenvalue weighted by molar-refractivity contribution is 9.10. The van der Waals surface area contributed by atoms with Crippen molar-refractivity contribution in [1.29, 1.82) is 0 Å². The fraction of sp³-hybridized carbons (Fsp3) is 0.130. The van der Waals surface area contributed by atoms with Crippen molar-refractivity contribution in [3.63, 3.8) is 0 Å². The van der Waals surface area contributed by atoms with E-state index in [9.17, 15) is 9.59 Å². The lowest BCUT2D eigenvalue weighted by Crippen LogP contribution is -2.31. The highest BCUT2D eigenvalue weighted by atomic mass is 79.9. The first-order valence-electron chi connectivity index (χ1n) is 9.45. The van der Waals surface area contributed by atoms with Crippen LogP contribution >= 0.6 is 15.9 Å². The van der Waals surface area contributed by atoms with E-state index in [2.05, 4.69) is 21.2 Å². The summed E-state index contributed by atoms with van der Waals surface area (Å²) in [7, 11) is 0. The van der Waals surface area contributed by atoms with E-state index >= 15 is 0 Å². The minimum Gasteiger partial charge on any atom is -0.494 e. The van der Waals surface area contributed by atoms with Crippen LogP contribution in [0, 0.1) is 0 Å². The highest BCUT2D eigenvalue weighted by Crippen LogP contribution is 2.32. The van der Waals surface area contributed by atoms with Crippen molar-refractivity contribution in [3.05, 3.63) is 88.4 Å². The Morgan fingerprint density at radius 1 is 1.03 bits per heavy atom. The Kier molecular flexibility index (Phi) is 5.72. The zero-order valence-corrected chi connectivity index (χ0v) is 17.8. The van der Waals surface area contributed by atoms with Gasteiger partial charge in [0.05, 0.1) is 25.0 Å². The van der Waals surface area contributed by atoms with E-state index in [1.807, 2.05) is 31.2 Å². The van der Waals surface area contributed by atoms with Gasteiger partial charge in [-0.1, -0.05) is 34.1 Å². The van der Waals surface area contributed by atoms with Crippen molar-refractivity contribution >= 4 is 39.0 Å². The fourth-order valence-electron chi connectivity index (χ4n) is 3.26. The summed E-state index contributed by atoms with van der Waals surface area (Å²) in [5.41, 5.74) is 1.88. The number of nitrogens with zero attached hydrogens (tertiary/aromatic N) is 1. The lowest BCUT2D eigenvalue weighted by atomic mass is 10.0. The molecule has 0 aliphatic carbocycles. The number of rotatable bonds is 7. The predicted octanol–water partition coefficient (Wildman–Crippen LogP) is 4.83. The molecule has 30 heavy (non-hydrogen) atoms. The molecule has 2 heterocycles. The Balaban J connectivity index is 1.73. The summed E-state index contributed by atoms with van der Waals surface area (Å²) < 4.78 is 11.7. The van der Waals surface area contributed by atoms with E-state index in [4.69, 9.17) is 9.15 Å². The third-order valence-electron chi connectivity index (χ3n) is 4.61. The second-order valence-electron chi connectivity index (χ2n) is 6.62. The van der Waals surface area contributed by atoms with E-state index in [-0.39, 0.29) is 18.1 Å². The Hall–Kier alpha value is -3.32. The molecule has 2 amide bonds. The maximum atomic E-state index is 13.2. The summed E-state index contributed by atoms with van der Waals surface area (Å²) in [6.07, 6.45) is 1.52. The average molecular weight is 467 g/mol. The molecule has 6 nitrogen and oxygen atoms in total. The number of carbonyl (C=O) groups is 2. The molecule has 0 bridgehead atoms. The third-order valence-corrected chi connectivity index (χ3v) is 5.10. The number of carbonyl (C=O) groups excluding carboxylic acids is 2. The summed E-state index contributed by atoms with van der Waals surface area (Å²) in [6.45, 7) is 2.52. The molecule has 1 aromatic heterocycles. The van der Waals surface area contributed by atoms with Gasteiger partial charge in [-0.2, -0.15) is 0 Å². The van der Waals surface area contributed by atoms with Crippen molar-refractivity contribution in [2.75, 3.05) is 11.9 Å². The van der Waals surface area contributed by atoms with Crippen LogP contribution in [-0.2, 0) is 16.1 Å². The van der Waals surface area contributed by atoms with E-state index < -0.39 is 5.91 Å². The number of anilines is 1. The number of hydrogen-bond donors (Lipinski definition) is 1. The van der Waals surface area contributed by atoms with Gasteiger partial charge in [0, 0.05) is 10.2 Å². The van der Waals surface area contributed by atoms with Crippen LogP contribution in [-0.4, -0.2) is 23.3 Å². The molecule has 1 N–H and O–H groups in total. The summed E-state index contributed by atoms with van der Waals surface area (Å²) in [6, 6.07) is 18.0. The summed E-state index contributed by atoms with van der Waals surface area (Å²) >= 11 is 3.43. The Morgan fingerprint density at radius 2 is 1.83 bits per heavy atom. The molecule has 7 heteroatoms. The first kappa shape index (κ1) is 20.0. The Morgan fingerprint density at radius 3 is 2.50 bits per heavy atom. The lowest BCUT2D eigenvalue weighted by Gasteiger charge is -2.13. The molecule has 0 radical (unpaired) electrons. The molecule has 0 saturated carbocycles. The van der Waals surface area contributed by atoms with Crippen LogP contribution in [0.5, 0.6) is 5.75 Å². The molecule has 0 fully saturated rings. The highest BCUT2D eigenvalue weighted by Gasteiger charge is 2.39. The fourth-order valence-corrected chi connectivity index (χ4v) is 3.66. The van der Waals surface area contributed by atoms with E-state index in [1.54, 1.807) is 36.4 Å². The first-order valence-corrected chi connectivity index (χ1v) is 10.2. The van der Waals surface area contributed by atoms with Crippen LogP contribution in [0.25, 0.3) is 5.57 Å². The maximum Gasteiger partial charge on any atom is 0.278 e. The lowest BCUT2D eigenvalue weighted by molar-refractivity contribution is -0.137. The van der Waals surface area contributed by atoms with Crippen LogP contribution in [0.15, 0.2) is 81.5 Å². The van der Waals surface area contributed by atoms with E-state index in [0.717, 1.165) is 4.47 Å². The molecule has 0 atom stereocenters. The van der Waals surface area contributed by atoms with Gasteiger partial charge in [0.2, 0.25) is 0 Å². The first-order chi connectivity index (χ1) is 14.6. The number of amides is 2. The van der Waals surface area contributed by atoms with Gasteiger partial charge >= 0.3 is 0 Å². The van der Waals surface area contributed by atoms with Gasteiger partial charge in [-0.15, -0.1) is 0 Å². The SMILES string of the molecule is CCOc1ccc(C2=C(Nc3cccc(Br)c3)C(=O)N(Cc3ccco3)C2=O)cc1. The second kappa shape index (κ2) is 8.59. The largest absolute Gasteiger partial charge is 0.494 e. The van der Waals surface area contributed by atoms with Crippen molar-refractivity contribution in [3.8, 4) is 5.75 Å². The van der Waals surface area contributed by atoms with Crippen molar-refractivity contribution in [1.82, 2.24) is 4.90 Å². The molecule has 2 aromatic carbocycles. The van der Waals surface area contributed by atoms with Crippen LogP contribution in [0.4, 0.5) is 5.69 Å². The molecule has 0 unspecified atom stereocenters. The van der Waals surface area contributed by atoms with Crippen molar-refractivity contribution in [2.45, 2.75) is 13.5 Å².